The van der Waals surface area contributed by atoms with Gasteiger partial charge in [0.15, 0.2) is 0 Å². The smallest absolute Gasteiger partial charge is 0.236 e. The molecule has 0 saturated heterocycles. The van der Waals surface area contributed by atoms with E-state index in [1.165, 1.54) is 6.08 Å². The fourth-order valence-electron chi connectivity index (χ4n) is 1.95. The van der Waals surface area contributed by atoms with Crippen molar-refractivity contribution in [2.45, 2.75) is 0 Å². The molecular formula is C16H10O3. The van der Waals surface area contributed by atoms with Crippen molar-refractivity contribution in [3.8, 4) is 5.75 Å². The molecule has 0 fully saturated rings. The van der Waals surface area contributed by atoms with Crippen LogP contribution < -0.4 is 4.74 Å². The Balaban J connectivity index is 2.06. The van der Waals surface area contributed by atoms with Gasteiger partial charge in [0.05, 0.1) is 5.57 Å². The second-order valence-corrected chi connectivity index (χ2v) is 4.16. The summed E-state index contributed by atoms with van der Waals surface area (Å²) in [6.45, 7) is 0. The van der Waals surface area contributed by atoms with Crippen molar-refractivity contribution >= 4 is 17.6 Å². The number of fused-ring (bicyclic) bond motifs is 1. The third-order valence-corrected chi connectivity index (χ3v) is 2.91. The minimum atomic E-state index is -0.552. The van der Waals surface area contributed by atoms with Crippen molar-refractivity contribution in [3.63, 3.8) is 0 Å². The Labute approximate surface area is 110 Å². The lowest BCUT2D eigenvalue weighted by Gasteiger charge is -2.16. The van der Waals surface area contributed by atoms with Crippen LogP contribution in [0.4, 0.5) is 0 Å². The first-order chi connectivity index (χ1) is 9.25. The maximum atomic E-state index is 11.9. The van der Waals surface area contributed by atoms with Crippen LogP contribution in [0.15, 0.2) is 66.0 Å². The summed E-state index contributed by atoms with van der Waals surface area (Å²) in [5.41, 5.74) is 1.22. The standard InChI is InChI=1S/C16H10O3/c17-13-7-3-2-6-12(16(13)18)15-10-9-11-5-1-4-8-14(11)19-15/h1-10H/b15-12-. The van der Waals surface area contributed by atoms with Gasteiger partial charge in [-0.15, -0.1) is 0 Å². The minimum absolute atomic E-state index is 0.278. The fourth-order valence-corrected chi connectivity index (χ4v) is 1.95. The van der Waals surface area contributed by atoms with Gasteiger partial charge in [-0.25, -0.2) is 0 Å². The monoisotopic (exact) mass is 250 g/mol. The van der Waals surface area contributed by atoms with Gasteiger partial charge in [0.1, 0.15) is 11.5 Å². The van der Waals surface area contributed by atoms with Crippen molar-refractivity contribution in [3.05, 3.63) is 71.5 Å². The summed E-state index contributed by atoms with van der Waals surface area (Å²) in [6.07, 6.45) is 9.63. The number of ketones is 2. The van der Waals surface area contributed by atoms with Crippen LogP contribution in [0.3, 0.4) is 0 Å². The molecule has 0 aromatic heterocycles. The molecule has 1 aromatic rings. The molecule has 3 rings (SSSR count). The average Bonchev–Trinajstić information content (AvgIpc) is 2.61. The van der Waals surface area contributed by atoms with Gasteiger partial charge in [0, 0.05) is 5.56 Å². The molecule has 0 radical (unpaired) electrons. The van der Waals surface area contributed by atoms with E-state index in [9.17, 15) is 9.59 Å². The van der Waals surface area contributed by atoms with Crippen LogP contribution in [0.1, 0.15) is 5.56 Å². The Morgan fingerprint density at radius 3 is 2.53 bits per heavy atom. The summed E-state index contributed by atoms with van der Waals surface area (Å²) in [6, 6.07) is 7.52. The van der Waals surface area contributed by atoms with Crippen LogP contribution >= 0.6 is 0 Å². The highest BCUT2D eigenvalue weighted by atomic mass is 16.5. The topological polar surface area (TPSA) is 43.4 Å². The summed E-state index contributed by atoms with van der Waals surface area (Å²) in [5.74, 6) is -0.0113. The van der Waals surface area contributed by atoms with Gasteiger partial charge < -0.3 is 4.74 Å². The van der Waals surface area contributed by atoms with E-state index in [2.05, 4.69) is 0 Å². The number of rotatable bonds is 0. The second kappa shape index (κ2) is 4.53. The first-order valence-corrected chi connectivity index (χ1v) is 5.88. The van der Waals surface area contributed by atoms with Gasteiger partial charge in [-0.2, -0.15) is 0 Å². The van der Waals surface area contributed by atoms with E-state index in [0.717, 1.165) is 5.56 Å². The van der Waals surface area contributed by atoms with E-state index < -0.39 is 11.6 Å². The highest BCUT2D eigenvalue weighted by molar-refractivity contribution is 6.48. The summed E-state index contributed by atoms with van der Waals surface area (Å²) in [5, 5.41) is 0. The molecule has 0 spiro atoms. The Bertz CT molecular complexity index is 688. The molecule has 3 nitrogen and oxygen atoms in total. The summed E-state index contributed by atoms with van der Waals surface area (Å²) < 4.78 is 5.69. The number of benzene rings is 1. The van der Waals surface area contributed by atoms with Crippen LogP contribution in [0.25, 0.3) is 6.08 Å². The molecule has 3 heteroatoms. The quantitative estimate of drug-likeness (QED) is 0.525. The molecule has 0 N–H and O–H groups in total. The first kappa shape index (κ1) is 11.4. The SMILES string of the molecule is O=C1C=CC=C/C(=C2\C=Cc3ccccc3O2)C1=O. The molecule has 19 heavy (non-hydrogen) atoms. The first-order valence-electron chi connectivity index (χ1n) is 5.88. The molecule has 1 aromatic carbocycles. The Morgan fingerprint density at radius 1 is 0.842 bits per heavy atom. The zero-order valence-electron chi connectivity index (χ0n) is 10.00. The zero-order valence-corrected chi connectivity index (χ0v) is 10.00. The maximum absolute atomic E-state index is 11.9. The van der Waals surface area contributed by atoms with E-state index in [4.69, 9.17) is 4.74 Å². The maximum Gasteiger partial charge on any atom is 0.236 e. The second-order valence-electron chi connectivity index (χ2n) is 4.16. The molecule has 0 bridgehead atoms. The predicted octanol–water partition coefficient (Wildman–Crippen LogP) is 2.61. The summed E-state index contributed by atoms with van der Waals surface area (Å²) in [4.78, 5) is 23.5. The normalized spacial score (nSPS) is 21.1. The molecule has 0 amide bonds. The number of hydrogen-bond donors (Lipinski definition) is 0. The van der Waals surface area contributed by atoms with E-state index in [-0.39, 0.29) is 5.57 Å². The number of Topliss-reactive ketones (excluding diaryl/α,β-unsaturated/α-hetero) is 1. The lowest BCUT2D eigenvalue weighted by molar-refractivity contribution is -0.131. The van der Waals surface area contributed by atoms with E-state index in [1.807, 2.05) is 30.3 Å². The van der Waals surface area contributed by atoms with E-state index >= 15 is 0 Å². The van der Waals surface area contributed by atoms with Crippen LogP contribution in [-0.2, 0) is 9.59 Å². The van der Waals surface area contributed by atoms with Gasteiger partial charge in [-0.1, -0.05) is 30.4 Å². The third kappa shape index (κ3) is 2.06. The molecule has 1 aliphatic carbocycles. The average molecular weight is 250 g/mol. The fraction of sp³-hybridized carbons (Fsp3) is 0. The van der Waals surface area contributed by atoms with Crippen molar-refractivity contribution in [1.82, 2.24) is 0 Å². The largest absolute Gasteiger partial charge is 0.456 e. The molecule has 0 saturated carbocycles. The van der Waals surface area contributed by atoms with E-state index in [0.29, 0.717) is 11.5 Å². The summed E-state index contributed by atoms with van der Waals surface area (Å²) >= 11 is 0. The van der Waals surface area contributed by atoms with Gasteiger partial charge >= 0.3 is 0 Å². The Hall–Kier alpha value is -2.68. The highest BCUT2D eigenvalue weighted by Crippen LogP contribution is 2.29. The lowest BCUT2D eigenvalue weighted by Crippen LogP contribution is -2.15. The minimum Gasteiger partial charge on any atom is -0.456 e. The lowest BCUT2D eigenvalue weighted by atomic mass is 10.0. The number of carbonyl (C=O) groups excluding carboxylic acids is 2. The predicted molar refractivity (Wildman–Crippen MR) is 71.4 cm³/mol. The molecule has 92 valence electrons. The van der Waals surface area contributed by atoms with Crippen LogP contribution in [0, 0.1) is 0 Å². The molecule has 1 heterocycles. The molecular weight excluding hydrogens is 240 g/mol. The van der Waals surface area contributed by atoms with E-state index in [1.54, 1.807) is 24.3 Å². The van der Waals surface area contributed by atoms with Crippen molar-refractivity contribution in [2.75, 3.05) is 0 Å². The number of para-hydroxylation sites is 1. The molecule has 2 aliphatic rings. The third-order valence-electron chi connectivity index (χ3n) is 2.91. The molecule has 0 unspecified atom stereocenters. The van der Waals surface area contributed by atoms with Gasteiger partial charge in [0.25, 0.3) is 0 Å². The number of allylic oxidation sites excluding steroid dienone is 6. The van der Waals surface area contributed by atoms with Gasteiger partial charge in [-0.3, -0.25) is 9.59 Å². The van der Waals surface area contributed by atoms with Gasteiger partial charge in [-0.05, 0) is 30.4 Å². The van der Waals surface area contributed by atoms with Crippen LogP contribution in [-0.4, -0.2) is 11.6 Å². The Morgan fingerprint density at radius 2 is 1.63 bits per heavy atom. The number of hydrogen-bond acceptors (Lipinski definition) is 3. The number of ether oxygens (including phenoxy) is 1. The van der Waals surface area contributed by atoms with Crippen molar-refractivity contribution in [1.29, 1.82) is 0 Å². The molecule has 1 aliphatic heterocycles. The van der Waals surface area contributed by atoms with Crippen LogP contribution in [0.2, 0.25) is 0 Å². The van der Waals surface area contributed by atoms with Crippen molar-refractivity contribution < 1.29 is 14.3 Å². The molecule has 0 atom stereocenters. The zero-order chi connectivity index (χ0) is 13.2. The van der Waals surface area contributed by atoms with Crippen LogP contribution in [0.5, 0.6) is 5.75 Å². The van der Waals surface area contributed by atoms with Crippen molar-refractivity contribution in [2.24, 2.45) is 0 Å². The van der Waals surface area contributed by atoms with Gasteiger partial charge in [0.2, 0.25) is 11.6 Å². The summed E-state index contributed by atoms with van der Waals surface area (Å²) in [7, 11) is 0. The number of carbonyl (C=O) groups is 2. The Kier molecular flexibility index (Phi) is 2.72. The highest BCUT2D eigenvalue weighted by Gasteiger charge is 2.22.